The van der Waals surface area contributed by atoms with Crippen LogP contribution in [0.25, 0.3) is 0 Å². The summed E-state index contributed by atoms with van der Waals surface area (Å²) < 4.78 is 5.34. The van der Waals surface area contributed by atoms with Gasteiger partial charge in [0.25, 0.3) is 5.91 Å². The Balaban J connectivity index is 1.96. The van der Waals surface area contributed by atoms with Crippen LogP contribution in [0.3, 0.4) is 0 Å². The molecule has 2 aromatic rings. The number of amides is 1. The van der Waals surface area contributed by atoms with Gasteiger partial charge in [0.2, 0.25) is 6.23 Å². The van der Waals surface area contributed by atoms with Gasteiger partial charge in [-0.1, -0.05) is 18.2 Å². The minimum Gasteiger partial charge on any atom is -0.508 e. The first kappa shape index (κ1) is 11.0. The summed E-state index contributed by atoms with van der Waals surface area (Å²) in [4.78, 5) is 25.9. The molecule has 0 saturated heterocycles. The number of phenols is 1. The number of fused-ring (bicyclic) bond motifs is 5. The zero-order chi connectivity index (χ0) is 13.9. The number of carbonyl (C=O) groups is 2. The van der Waals surface area contributed by atoms with Crippen molar-refractivity contribution in [1.29, 1.82) is 0 Å². The first-order valence-electron chi connectivity index (χ1n) is 6.13. The fourth-order valence-electron chi connectivity index (χ4n) is 2.70. The molecule has 2 aliphatic rings. The molecule has 0 aromatic heterocycles. The third-order valence-electron chi connectivity index (χ3n) is 3.59. The summed E-state index contributed by atoms with van der Waals surface area (Å²) in [6.45, 7) is 0. The largest absolute Gasteiger partial charge is 0.508 e. The summed E-state index contributed by atoms with van der Waals surface area (Å²) in [7, 11) is 0. The number of esters is 1. The third-order valence-corrected chi connectivity index (χ3v) is 3.59. The molecule has 4 rings (SSSR count). The van der Waals surface area contributed by atoms with Crippen molar-refractivity contribution in [2.75, 3.05) is 4.90 Å². The number of hydrogen-bond donors (Lipinski definition) is 1. The van der Waals surface area contributed by atoms with Gasteiger partial charge in [0, 0.05) is 11.1 Å². The second-order valence-electron chi connectivity index (χ2n) is 4.72. The molecule has 1 N–H and O–H groups in total. The van der Waals surface area contributed by atoms with Crippen molar-refractivity contribution in [1.82, 2.24) is 0 Å². The Bertz CT molecular complexity index is 768. The summed E-state index contributed by atoms with van der Waals surface area (Å²) >= 11 is 0. The molecule has 0 radical (unpaired) electrons. The molecule has 2 aromatic carbocycles. The zero-order valence-electron chi connectivity index (χ0n) is 10.2. The number of carbonyl (C=O) groups excluding carboxylic acids is 2. The van der Waals surface area contributed by atoms with E-state index in [1.807, 2.05) is 0 Å². The quantitative estimate of drug-likeness (QED) is 0.743. The summed E-state index contributed by atoms with van der Waals surface area (Å²) in [6.07, 6.45) is -0.719. The first-order chi connectivity index (χ1) is 9.66. The van der Waals surface area contributed by atoms with Crippen molar-refractivity contribution in [3.05, 3.63) is 59.2 Å². The lowest BCUT2D eigenvalue weighted by Crippen LogP contribution is -2.36. The molecule has 5 nitrogen and oxygen atoms in total. The Kier molecular flexibility index (Phi) is 1.99. The predicted molar refractivity (Wildman–Crippen MR) is 69.5 cm³/mol. The molecule has 1 amide bonds. The summed E-state index contributed by atoms with van der Waals surface area (Å²) in [6, 6.07) is 11.4. The predicted octanol–water partition coefficient (Wildman–Crippen LogP) is 2.22. The van der Waals surface area contributed by atoms with Crippen LogP contribution in [-0.2, 0) is 4.74 Å². The number of benzene rings is 2. The lowest BCUT2D eigenvalue weighted by molar-refractivity contribution is 0.0272. The van der Waals surface area contributed by atoms with Crippen LogP contribution in [0.15, 0.2) is 42.5 Å². The Morgan fingerprint density at radius 2 is 1.85 bits per heavy atom. The molecular weight excluding hydrogens is 258 g/mol. The maximum atomic E-state index is 12.5. The number of phenolic OH excluding ortho intramolecular Hbond substituents is 1. The highest BCUT2D eigenvalue weighted by Gasteiger charge is 2.44. The maximum Gasteiger partial charge on any atom is 0.342 e. The van der Waals surface area contributed by atoms with Crippen molar-refractivity contribution >= 4 is 17.6 Å². The number of ether oxygens (including phenoxy) is 1. The van der Waals surface area contributed by atoms with E-state index < -0.39 is 12.2 Å². The molecule has 0 aliphatic carbocycles. The number of nitrogens with zero attached hydrogens (tertiary/aromatic N) is 1. The lowest BCUT2D eigenvalue weighted by Gasteiger charge is -2.31. The van der Waals surface area contributed by atoms with E-state index in [4.69, 9.17) is 4.74 Å². The van der Waals surface area contributed by atoms with E-state index in [-0.39, 0.29) is 17.2 Å². The van der Waals surface area contributed by atoms with Gasteiger partial charge in [-0.05, 0) is 24.3 Å². The Morgan fingerprint density at radius 1 is 1.05 bits per heavy atom. The second-order valence-corrected chi connectivity index (χ2v) is 4.72. The number of anilines is 1. The van der Waals surface area contributed by atoms with Crippen LogP contribution in [0.1, 0.15) is 32.5 Å². The van der Waals surface area contributed by atoms with Crippen molar-refractivity contribution in [2.24, 2.45) is 0 Å². The van der Waals surface area contributed by atoms with Gasteiger partial charge < -0.3 is 9.84 Å². The molecule has 98 valence electrons. The Morgan fingerprint density at radius 3 is 2.70 bits per heavy atom. The summed E-state index contributed by atoms with van der Waals surface area (Å²) in [5.41, 5.74) is 1.88. The first-order valence-corrected chi connectivity index (χ1v) is 6.13. The molecule has 0 fully saturated rings. The number of hydrogen-bond acceptors (Lipinski definition) is 4. The van der Waals surface area contributed by atoms with Gasteiger partial charge in [-0.15, -0.1) is 0 Å². The fourth-order valence-corrected chi connectivity index (χ4v) is 2.70. The Labute approximate surface area is 114 Å². The molecule has 20 heavy (non-hydrogen) atoms. The van der Waals surface area contributed by atoms with Gasteiger partial charge in [-0.3, -0.25) is 9.69 Å². The molecule has 0 unspecified atom stereocenters. The van der Waals surface area contributed by atoms with E-state index in [0.717, 1.165) is 0 Å². The van der Waals surface area contributed by atoms with Crippen LogP contribution < -0.4 is 4.90 Å². The van der Waals surface area contributed by atoms with E-state index in [1.165, 1.54) is 17.0 Å². The molecule has 1 atom stereocenters. The van der Waals surface area contributed by atoms with Crippen LogP contribution in [0.2, 0.25) is 0 Å². The van der Waals surface area contributed by atoms with Crippen LogP contribution in [0.4, 0.5) is 5.69 Å². The van der Waals surface area contributed by atoms with Gasteiger partial charge in [0.1, 0.15) is 5.75 Å². The minimum atomic E-state index is -0.719. The average Bonchev–Trinajstić information content (AvgIpc) is 2.73. The molecule has 0 spiro atoms. The van der Waals surface area contributed by atoms with Crippen LogP contribution in [-0.4, -0.2) is 17.0 Å². The van der Waals surface area contributed by atoms with Crippen molar-refractivity contribution in [3.8, 4) is 5.75 Å². The van der Waals surface area contributed by atoms with Crippen molar-refractivity contribution in [3.63, 3.8) is 0 Å². The van der Waals surface area contributed by atoms with Crippen molar-refractivity contribution < 1.29 is 19.4 Å². The third kappa shape index (κ3) is 1.26. The van der Waals surface area contributed by atoms with Crippen LogP contribution in [0.5, 0.6) is 5.75 Å². The van der Waals surface area contributed by atoms with Gasteiger partial charge in [0.05, 0.1) is 11.3 Å². The normalized spacial score (nSPS) is 19.2. The topological polar surface area (TPSA) is 66.8 Å². The second kappa shape index (κ2) is 3.60. The van der Waals surface area contributed by atoms with Gasteiger partial charge in [-0.2, -0.15) is 0 Å². The standard InChI is InChI=1S/C15H9NO4/c17-8-5-6-12-11(7-8)15(19)20-14-10-4-2-1-3-9(10)13(18)16(12)14/h1-7,14,17H/t14-/m0/s1. The van der Waals surface area contributed by atoms with Crippen molar-refractivity contribution in [2.45, 2.75) is 6.23 Å². The monoisotopic (exact) mass is 267 g/mol. The van der Waals surface area contributed by atoms with E-state index >= 15 is 0 Å². The highest BCUT2D eigenvalue weighted by atomic mass is 16.6. The molecule has 2 heterocycles. The molecular formula is C15H9NO4. The SMILES string of the molecule is O=C1O[C@H]2c3ccccc3C(=O)N2c2ccc(O)cc21. The minimum absolute atomic E-state index is 0.0386. The fraction of sp³-hybridized carbons (Fsp3) is 0.0667. The number of rotatable bonds is 0. The smallest absolute Gasteiger partial charge is 0.342 e. The van der Waals surface area contributed by atoms with E-state index in [9.17, 15) is 14.7 Å². The highest BCUT2D eigenvalue weighted by molar-refractivity contribution is 6.15. The van der Waals surface area contributed by atoms with Crippen LogP contribution >= 0.6 is 0 Å². The van der Waals surface area contributed by atoms with E-state index in [1.54, 1.807) is 30.3 Å². The Hall–Kier alpha value is -2.82. The van der Waals surface area contributed by atoms with Gasteiger partial charge in [-0.25, -0.2) is 4.79 Å². The summed E-state index contributed by atoms with van der Waals surface area (Å²) in [5, 5.41) is 9.47. The zero-order valence-corrected chi connectivity index (χ0v) is 10.2. The molecule has 2 aliphatic heterocycles. The van der Waals surface area contributed by atoms with E-state index in [2.05, 4.69) is 0 Å². The maximum absolute atomic E-state index is 12.5. The molecule has 0 bridgehead atoms. The lowest BCUT2D eigenvalue weighted by atomic mass is 10.1. The summed E-state index contributed by atoms with van der Waals surface area (Å²) in [5.74, 6) is -0.782. The van der Waals surface area contributed by atoms with E-state index in [0.29, 0.717) is 16.8 Å². The van der Waals surface area contributed by atoms with Gasteiger partial charge in [0.15, 0.2) is 0 Å². The number of aromatic hydroxyl groups is 1. The average molecular weight is 267 g/mol. The molecule has 5 heteroatoms. The van der Waals surface area contributed by atoms with Crippen LogP contribution in [0, 0.1) is 0 Å². The highest BCUT2D eigenvalue weighted by Crippen LogP contribution is 2.44. The molecule has 0 saturated carbocycles. The van der Waals surface area contributed by atoms with Gasteiger partial charge >= 0.3 is 5.97 Å².